The molecule has 0 amide bonds. The summed E-state index contributed by atoms with van der Waals surface area (Å²) in [6, 6.07) is 6.34. The molecule has 0 fully saturated rings. The van der Waals surface area contributed by atoms with Crippen molar-refractivity contribution in [3.63, 3.8) is 0 Å². The fourth-order valence-electron chi connectivity index (χ4n) is 2.34. The van der Waals surface area contributed by atoms with Crippen LogP contribution in [0, 0.1) is 6.92 Å². The molecule has 1 N–H and O–H groups in total. The van der Waals surface area contributed by atoms with Crippen molar-refractivity contribution in [1.29, 1.82) is 0 Å². The standard InChI is InChI=1S/C13H15BrN4/c1-8-4-5-9-10(6-8)18-12(14)11(7-15-2)17(3)13(18)16-9/h4-6,15H,7H2,1-3H3. The second kappa shape index (κ2) is 4.10. The van der Waals surface area contributed by atoms with Crippen molar-refractivity contribution in [2.45, 2.75) is 13.5 Å². The monoisotopic (exact) mass is 306 g/mol. The van der Waals surface area contributed by atoms with E-state index in [2.05, 4.69) is 60.3 Å². The number of hydrogen-bond acceptors (Lipinski definition) is 2. The fraction of sp³-hybridized carbons (Fsp3) is 0.308. The van der Waals surface area contributed by atoms with E-state index in [1.54, 1.807) is 0 Å². The van der Waals surface area contributed by atoms with E-state index in [0.717, 1.165) is 28.0 Å². The maximum atomic E-state index is 4.69. The summed E-state index contributed by atoms with van der Waals surface area (Å²) in [6.45, 7) is 2.91. The van der Waals surface area contributed by atoms with Crippen LogP contribution in [0.3, 0.4) is 0 Å². The van der Waals surface area contributed by atoms with Crippen LogP contribution in [0.15, 0.2) is 22.8 Å². The second-order valence-corrected chi connectivity index (χ2v) is 5.32. The van der Waals surface area contributed by atoms with Gasteiger partial charge in [0.2, 0.25) is 5.78 Å². The van der Waals surface area contributed by atoms with E-state index in [9.17, 15) is 0 Å². The van der Waals surface area contributed by atoms with Crippen LogP contribution in [0.1, 0.15) is 11.3 Å². The van der Waals surface area contributed by atoms with Crippen molar-refractivity contribution >= 4 is 32.7 Å². The molecule has 94 valence electrons. The Balaban J connectivity index is 2.43. The van der Waals surface area contributed by atoms with Gasteiger partial charge in [-0.15, -0.1) is 0 Å². The highest BCUT2D eigenvalue weighted by molar-refractivity contribution is 9.10. The van der Waals surface area contributed by atoms with Gasteiger partial charge >= 0.3 is 0 Å². The third-order valence-corrected chi connectivity index (χ3v) is 4.09. The average Bonchev–Trinajstić information content (AvgIpc) is 2.81. The lowest BCUT2D eigenvalue weighted by Crippen LogP contribution is -2.09. The number of benzene rings is 1. The van der Waals surface area contributed by atoms with Gasteiger partial charge in [0.25, 0.3) is 0 Å². The van der Waals surface area contributed by atoms with E-state index in [0.29, 0.717) is 0 Å². The third-order valence-electron chi connectivity index (χ3n) is 3.28. The number of halogens is 1. The number of aryl methyl sites for hydroxylation is 2. The molecule has 4 nitrogen and oxygen atoms in total. The third kappa shape index (κ3) is 1.51. The lowest BCUT2D eigenvalue weighted by Gasteiger charge is -2.02. The van der Waals surface area contributed by atoms with Gasteiger partial charge in [0.05, 0.1) is 16.7 Å². The van der Waals surface area contributed by atoms with Crippen LogP contribution < -0.4 is 5.32 Å². The van der Waals surface area contributed by atoms with Gasteiger partial charge in [-0.3, -0.25) is 4.40 Å². The molecule has 2 heterocycles. The molecule has 5 heteroatoms. The largest absolute Gasteiger partial charge is 0.315 e. The highest BCUT2D eigenvalue weighted by Crippen LogP contribution is 2.27. The van der Waals surface area contributed by atoms with Crippen molar-refractivity contribution in [3.05, 3.63) is 34.1 Å². The summed E-state index contributed by atoms with van der Waals surface area (Å²) in [6.07, 6.45) is 0. The smallest absolute Gasteiger partial charge is 0.215 e. The molecule has 3 aromatic rings. The Hall–Kier alpha value is -1.33. The van der Waals surface area contributed by atoms with Gasteiger partial charge in [0, 0.05) is 13.6 Å². The molecule has 18 heavy (non-hydrogen) atoms. The summed E-state index contributed by atoms with van der Waals surface area (Å²) in [5.74, 6) is 0.965. The van der Waals surface area contributed by atoms with Crippen molar-refractivity contribution in [2.24, 2.45) is 7.05 Å². The Bertz CT molecular complexity index is 738. The van der Waals surface area contributed by atoms with E-state index in [-0.39, 0.29) is 0 Å². The number of imidazole rings is 2. The molecule has 0 saturated carbocycles. The van der Waals surface area contributed by atoms with Crippen molar-refractivity contribution in [3.8, 4) is 0 Å². The van der Waals surface area contributed by atoms with Crippen LogP contribution in [0.25, 0.3) is 16.8 Å². The lowest BCUT2D eigenvalue weighted by molar-refractivity contribution is 0.738. The number of hydrogen-bond donors (Lipinski definition) is 1. The van der Waals surface area contributed by atoms with E-state index in [4.69, 9.17) is 0 Å². The first kappa shape index (κ1) is 11.7. The first-order valence-electron chi connectivity index (χ1n) is 5.90. The molecular weight excluding hydrogens is 292 g/mol. The number of nitrogens with one attached hydrogen (secondary N) is 1. The minimum absolute atomic E-state index is 0.813. The summed E-state index contributed by atoms with van der Waals surface area (Å²) >= 11 is 3.69. The van der Waals surface area contributed by atoms with Crippen molar-refractivity contribution in [1.82, 2.24) is 19.3 Å². The van der Waals surface area contributed by atoms with Gasteiger partial charge < -0.3 is 9.88 Å². The van der Waals surface area contributed by atoms with Gasteiger partial charge in [-0.25, -0.2) is 4.98 Å². The number of rotatable bonds is 2. The Kier molecular flexibility index (Phi) is 2.68. The molecule has 0 aliphatic heterocycles. The van der Waals surface area contributed by atoms with Crippen LogP contribution in [0.2, 0.25) is 0 Å². The molecular formula is C13H15BrN4. The van der Waals surface area contributed by atoms with Crippen LogP contribution >= 0.6 is 15.9 Å². The normalized spacial score (nSPS) is 11.8. The maximum Gasteiger partial charge on any atom is 0.215 e. The zero-order chi connectivity index (χ0) is 12.9. The summed E-state index contributed by atoms with van der Waals surface area (Å²) < 4.78 is 5.35. The molecule has 2 aromatic heterocycles. The summed E-state index contributed by atoms with van der Waals surface area (Å²) in [5.41, 5.74) is 4.62. The van der Waals surface area contributed by atoms with E-state index in [1.165, 1.54) is 11.3 Å². The molecule has 0 unspecified atom stereocenters. The Morgan fingerprint density at radius 3 is 2.89 bits per heavy atom. The Morgan fingerprint density at radius 1 is 1.39 bits per heavy atom. The Labute approximate surface area is 114 Å². The molecule has 0 spiro atoms. The van der Waals surface area contributed by atoms with Crippen LogP contribution in [-0.4, -0.2) is 21.0 Å². The van der Waals surface area contributed by atoms with Crippen LogP contribution in [0.5, 0.6) is 0 Å². The van der Waals surface area contributed by atoms with E-state index < -0.39 is 0 Å². The number of fused-ring (bicyclic) bond motifs is 3. The lowest BCUT2D eigenvalue weighted by atomic mass is 10.2. The highest BCUT2D eigenvalue weighted by Gasteiger charge is 2.16. The van der Waals surface area contributed by atoms with Crippen LogP contribution in [-0.2, 0) is 13.6 Å². The predicted molar refractivity (Wildman–Crippen MR) is 76.9 cm³/mol. The fourth-order valence-corrected chi connectivity index (χ4v) is 3.09. The first-order valence-corrected chi connectivity index (χ1v) is 6.69. The van der Waals surface area contributed by atoms with E-state index >= 15 is 0 Å². The topological polar surface area (TPSA) is 34.3 Å². The predicted octanol–water partition coefficient (Wildman–Crippen LogP) is 2.62. The highest BCUT2D eigenvalue weighted by atomic mass is 79.9. The first-order chi connectivity index (χ1) is 8.63. The molecule has 0 saturated heterocycles. The quantitative estimate of drug-likeness (QED) is 0.790. The number of nitrogens with zero attached hydrogens (tertiary/aromatic N) is 3. The minimum atomic E-state index is 0.813. The second-order valence-electron chi connectivity index (χ2n) is 4.57. The van der Waals surface area contributed by atoms with Gasteiger partial charge in [-0.2, -0.15) is 0 Å². The summed E-state index contributed by atoms with van der Waals surface area (Å²) in [7, 11) is 4.00. The van der Waals surface area contributed by atoms with E-state index in [1.807, 2.05) is 14.1 Å². The molecule has 0 atom stereocenters. The zero-order valence-electron chi connectivity index (χ0n) is 10.7. The summed E-state index contributed by atoms with van der Waals surface area (Å²) in [5, 5.41) is 3.18. The molecule has 0 aliphatic carbocycles. The van der Waals surface area contributed by atoms with Crippen LogP contribution in [0.4, 0.5) is 0 Å². The minimum Gasteiger partial charge on any atom is -0.315 e. The average molecular weight is 307 g/mol. The maximum absolute atomic E-state index is 4.69. The van der Waals surface area contributed by atoms with Gasteiger partial charge in [-0.1, -0.05) is 6.07 Å². The van der Waals surface area contributed by atoms with Crippen molar-refractivity contribution in [2.75, 3.05) is 7.05 Å². The van der Waals surface area contributed by atoms with Gasteiger partial charge in [0.15, 0.2) is 0 Å². The molecule has 1 aromatic carbocycles. The van der Waals surface area contributed by atoms with Crippen molar-refractivity contribution < 1.29 is 0 Å². The van der Waals surface area contributed by atoms with Gasteiger partial charge in [-0.05, 0) is 47.6 Å². The zero-order valence-corrected chi connectivity index (χ0v) is 12.2. The Morgan fingerprint density at radius 2 is 2.17 bits per heavy atom. The molecule has 0 bridgehead atoms. The molecule has 0 radical (unpaired) electrons. The van der Waals surface area contributed by atoms with Gasteiger partial charge in [0.1, 0.15) is 4.60 Å². The number of aromatic nitrogens is 3. The SMILES string of the molecule is CNCc1c(Br)n2c3cc(C)ccc3nc2n1C. The molecule has 0 aliphatic rings. The molecule has 3 rings (SSSR count). The summed E-state index contributed by atoms with van der Waals surface area (Å²) in [4.78, 5) is 4.69.